The standard InChI is InChI=1S/C20H19N7O/c1-13-22-23-18-9-10-19(24-27(13)18)26-11-15(12-26)25(2)20(28)17-8-7-14-5-3-4-6-16(14)21-17/h3-10,15H,11-12H2,1-2H3. The van der Waals surface area contributed by atoms with Crippen molar-refractivity contribution in [2.45, 2.75) is 13.0 Å². The minimum absolute atomic E-state index is 0.0616. The summed E-state index contributed by atoms with van der Waals surface area (Å²) in [5, 5.41) is 13.7. The smallest absolute Gasteiger partial charge is 0.272 e. The average molecular weight is 373 g/mol. The van der Waals surface area contributed by atoms with Crippen LogP contribution in [0.4, 0.5) is 5.82 Å². The van der Waals surface area contributed by atoms with Gasteiger partial charge >= 0.3 is 0 Å². The summed E-state index contributed by atoms with van der Waals surface area (Å²) in [5.41, 5.74) is 2.03. The van der Waals surface area contributed by atoms with Crippen LogP contribution in [0.15, 0.2) is 48.5 Å². The summed E-state index contributed by atoms with van der Waals surface area (Å²) < 4.78 is 1.73. The highest BCUT2D eigenvalue weighted by atomic mass is 16.2. The largest absolute Gasteiger partial charge is 0.351 e. The number of carbonyl (C=O) groups is 1. The number of fused-ring (bicyclic) bond motifs is 2. The summed E-state index contributed by atoms with van der Waals surface area (Å²) in [5.74, 6) is 1.55. The first-order chi connectivity index (χ1) is 13.6. The van der Waals surface area contributed by atoms with E-state index in [2.05, 4.69) is 25.2 Å². The third-order valence-electron chi connectivity index (χ3n) is 5.28. The molecule has 1 aliphatic heterocycles. The molecule has 3 aromatic heterocycles. The molecular weight excluding hydrogens is 354 g/mol. The Kier molecular flexibility index (Phi) is 3.71. The Morgan fingerprint density at radius 3 is 2.75 bits per heavy atom. The molecule has 140 valence electrons. The molecule has 28 heavy (non-hydrogen) atoms. The van der Waals surface area contributed by atoms with Crippen LogP contribution in [0.5, 0.6) is 0 Å². The van der Waals surface area contributed by atoms with Crippen molar-refractivity contribution in [3.05, 3.63) is 60.0 Å². The van der Waals surface area contributed by atoms with Crippen LogP contribution in [0, 0.1) is 6.92 Å². The topological polar surface area (TPSA) is 79.5 Å². The third-order valence-corrected chi connectivity index (χ3v) is 5.28. The van der Waals surface area contributed by atoms with E-state index >= 15 is 0 Å². The normalized spacial score (nSPS) is 14.4. The molecule has 0 unspecified atom stereocenters. The highest BCUT2D eigenvalue weighted by Crippen LogP contribution is 2.23. The Morgan fingerprint density at radius 1 is 1.07 bits per heavy atom. The molecule has 0 radical (unpaired) electrons. The molecule has 0 saturated carbocycles. The zero-order chi connectivity index (χ0) is 19.3. The molecule has 0 aliphatic carbocycles. The number of aromatic nitrogens is 5. The van der Waals surface area contributed by atoms with Crippen LogP contribution < -0.4 is 4.90 Å². The van der Waals surface area contributed by atoms with Crippen LogP contribution in [-0.4, -0.2) is 61.8 Å². The number of nitrogens with zero attached hydrogens (tertiary/aromatic N) is 7. The van der Waals surface area contributed by atoms with Gasteiger partial charge in [-0.25, -0.2) is 4.98 Å². The molecule has 0 N–H and O–H groups in total. The highest BCUT2D eigenvalue weighted by molar-refractivity contribution is 5.95. The van der Waals surface area contributed by atoms with Crippen molar-refractivity contribution in [3.63, 3.8) is 0 Å². The summed E-state index contributed by atoms with van der Waals surface area (Å²) in [6, 6.07) is 15.5. The number of aryl methyl sites for hydroxylation is 1. The summed E-state index contributed by atoms with van der Waals surface area (Å²) in [7, 11) is 1.84. The second kappa shape index (κ2) is 6.26. The second-order valence-corrected chi connectivity index (χ2v) is 7.07. The molecule has 1 aromatic carbocycles. The molecule has 4 aromatic rings. The van der Waals surface area contributed by atoms with Crippen LogP contribution in [0.2, 0.25) is 0 Å². The van der Waals surface area contributed by atoms with Crippen LogP contribution in [0.25, 0.3) is 16.6 Å². The average Bonchev–Trinajstić information content (AvgIpc) is 3.06. The fourth-order valence-electron chi connectivity index (χ4n) is 3.47. The van der Waals surface area contributed by atoms with E-state index in [9.17, 15) is 4.79 Å². The van der Waals surface area contributed by atoms with Crippen molar-refractivity contribution >= 4 is 28.3 Å². The Bertz CT molecular complexity index is 1200. The number of hydrogen-bond donors (Lipinski definition) is 0. The van der Waals surface area contributed by atoms with Gasteiger partial charge in [-0.1, -0.05) is 24.3 Å². The first-order valence-corrected chi connectivity index (χ1v) is 9.17. The molecule has 1 aliphatic rings. The van der Waals surface area contributed by atoms with E-state index in [1.54, 1.807) is 15.5 Å². The van der Waals surface area contributed by atoms with Crippen molar-refractivity contribution in [1.82, 2.24) is 29.7 Å². The van der Waals surface area contributed by atoms with Crippen LogP contribution in [-0.2, 0) is 0 Å². The zero-order valence-electron chi connectivity index (χ0n) is 15.6. The number of benzene rings is 1. The molecule has 8 nitrogen and oxygen atoms in total. The molecule has 1 saturated heterocycles. The molecule has 1 fully saturated rings. The first kappa shape index (κ1) is 16.6. The predicted octanol–water partition coefficient (Wildman–Crippen LogP) is 1.94. The van der Waals surface area contributed by atoms with E-state index in [4.69, 9.17) is 0 Å². The van der Waals surface area contributed by atoms with Gasteiger partial charge < -0.3 is 9.80 Å². The third kappa shape index (κ3) is 2.65. The lowest BCUT2D eigenvalue weighted by Gasteiger charge is -2.44. The molecule has 1 amide bonds. The molecule has 4 heterocycles. The van der Waals surface area contributed by atoms with Gasteiger partial charge in [0.05, 0.1) is 11.6 Å². The summed E-state index contributed by atoms with van der Waals surface area (Å²) in [4.78, 5) is 21.3. The van der Waals surface area contributed by atoms with Gasteiger partial charge in [0, 0.05) is 25.5 Å². The number of hydrogen-bond acceptors (Lipinski definition) is 6. The van der Waals surface area contributed by atoms with Crippen molar-refractivity contribution in [3.8, 4) is 0 Å². The van der Waals surface area contributed by atoms with E-state index in [0.29, 0.717) is 5.69 Å². The van der Waals surface area contributed by atoms with E-state index in [0.717, 1.165) is 41.3 Å². The minimum Gasteiger partial charge on any atom is -0.351 e. The van der Waals surface area contributed by atoms with Gasteiger partial charge in [-0.05, 0) is 31.2 Å². The predicted molar refractivity (Wildman–Crippen MR) is 105 cm³/mol. The number of pyridine rings is 1. The summed E-state index contributed by atoms with van der Waals surface area (Å²) in [6.45, 7) is 3.34. The maximum atomic E-state index is 12.9. The van der Waals surface area contributed by atoms with Crippen molar-refractivity contribution < 1.29 is 4.79 Å². The number of amides is 1. The molecule has 0 atom stereocenters. The van der Waals surface area contributed by atoms with Crippen molar-refractivity contribution in [2.24, 2.45) is 0 Å². The lowest BCUT2D eigenvalue weighted by molar-refractivity contribution is 0.0699. The van der Waals surface area contributed by atoms with Crippen molar-refractivity contribution in [2.75, 3.05) is 25.0 Å². The molecule has 5 rings (SSSR count). The van der Waals surface area contributed by atoms with E-state index in [-0.39, 0.29) is 11.9 Å². The fourth-order valence-corrected chi connectivity index (χ4v) is 3.47. The number of para-hydroxylation sites is 1. The SMILES string of the molecule is Cc1nnc2ccc(N3CC(N(C)C(=O)c4ccc5ccccc5n4)C3)nn12. The summed E-state index contributed by atoms with van der Waals surface area (Å²) >= 11 is 0. The van der Waals surface area contributed by atoms with E-state index in [1.807, 2.05) is 56.4 Å². The van der Waals surface area contributed by atoms with Gasteiger partial charge in [0.15, 0.2) is 11.5 Å². The minimum atomic E-state index is -0.0616. The lowest BCUT2D eigenvalue weighted by Crippen LogP contribution is -2.60. The Morgan fingerprint density at radius 2 is 1.89 bits per heavy atom. The van der Waals surface area contributed by atoms with Gasteiger partial charge in [-0.15, -0.1) is 15.3 Å². The Labute approximate surface area is 161 Å². The van der Waals surface area contributed by atoms with Gasteiger partial charge in [-0.2, -0.15) is 4.52 Å². The number of anilines is 1. The lowest BCUT2D eigenvalue weighted by atomic mass is 10.1. The molecule has 8 heteroatoms. The van der Waals surface area contributed by atoms with E-state index < -0.39 is 0 Å². The van der Waals surface area contributed by atoms with Crippen molar-refractivity contribution in [1.29, 1.82) is 0 Å². The van der Waals surface area contributed by atoms with Crippen LogP contribution in [0.3, 0.4) is 0 Å². The monoisotopic (exact) mass is 373 g/mol. The second-order valence-electron chi connectivity index (χ2n) is 7.07. The van der Waals surface area contributed by atoms with Crippen LogP contribution in [0.1, 0.15) is 16.3 Å². The fraction of sp³-hybridized carbons (Fsp3) is 0.250. The number of carbonyl (C=O) groups excluding carboxylic acids is 1. The van der Waals surface area contributed by atoms with Gasteiger partial charge in [0.2, 0.25) is 0 Å². The Hall–Kier alpha value is -3.55. The molecule has 0 spiro atoms. The highest BCUT2D eigenvalue weighted by Gasteiger charge is 2.34. The van der Waals surface area contributed by atoms with Gasteiger partial charge in [-0.3, -0.25) is 4.79 Å². The molecular formula is C20H19N7O. The maximum absolute atomic E-state index is 12.9. The van der Waals surface area contributed by atoms with Gasteiger partial charge in [0.1, 0.15) is 11.5 Å². The maximum Gasteiger partial charge on any atom is 0.272 e. The Balaban J connectivity index is 1.30. The number of rotatable bonds is 3. The zero-order valence-corrected chi connectivity index (χ0v) is 15.6. The van der Waals surface area contributed by atoms with Crippen LogP contribution >= 0.6 is 0 Å². The quantitative estimate of drug-likeness (QED) is 0.546. The first-order valence-electron chi connectivity index (χ1n) is 9.17. The van der Waals surface area contributed by atoms with E-state index in [1.165, 1.54) is 0 Å². The number of likely N-dealkylation sites (N-methyl/N-ethyl adjacent to an activating group) is 1. The summed E-state index contributed by atoms with van der Waals surface area (Å²) in [6.07, 6.45) is 0. The van der Waals surface area contributed by atoms with Gasteiger partial charge in [0.25, 0.3) is 5.91 Å². The molecule has 0 bridgehead atoms.